The molecule has 0 bridgehead atoms. The zero-order chi connectivity index (χ0) is 9.26. The normalized spacial score (nSPS) is 16.9. The van der Waals surface area contributed by atoms with Crippen LogP contribution in [0.2, 0.25) is 0 Å². The second-order valence-corrected chi connectivity index (χ2v) is 3.35. The van der Waals surface area contributed by atoms with Crippen molar-refractivity contribution in [2.45, 2.75) is 19.4 Å². The van der Waals surface area contributed by atoms with Crippen LogP contribution in [0.25, 0.3) is 0 Å². The van der Waals surface area contributed by atoms with E-state index in [0.29, 0.717) is 6.54 Å². The lowest BCUT2D eigenvalue weighted by Gasteiger charge is -2.10. The van der Waals surface area contributed by atoms with E-state index in [4.69, 9.17) is 5.73 Å². The molecule has 0 aliphatic carbocycles. The fourth-order valence-corrected chi connectivity index (χ4v) is 1.63. The number of aryl methyl sites for hydroxylation is 1. The summed E-state index contributed by atoms with van der Waals surface area (Å²) in [7, 11) is 1.88. The Morgan fingerprint density at radius 3 is 2.62 bits per heavy atom. The maximum atomic E-state index is 5.52. The molecule has 1 aromatic heterocycles. The van der Waals surface area contributed by atoms with E-state index >= 15 is 0 Å². The molecule has 2 N–H and O–H groups in total. The summed E-state index contributed by atoms with van der Waals surface area (Å²) in [5.41, 5.74) is 5.52. The molecule has 2 heterocycles. The first-order chi connectivity index (χ1) is 6.31. The van der Waals surface area contributed by atoms with Gasteiger partial charge in [-0.25, -0.2) is 4.68 Å². The monoisotopic (exact) mass is 181 g/mol. The zero-order valence-corrected chi connectivity index (χ0v) is 7.90. The zero-order valence-electron chi connectivity index (χ0n) is 7.90. The molecule has 0 amide bonds. The Morgan fingerprint density at radius 1 is 1.38 bits per heavy atom. The van der Waals surface area contributed by atoms with Crippen LogP contribution < -0.4 is 10.6 Å². The highest BCUT2D eigenvalue weighted by Crippen LogP contribution is 2.15. The lowest BCUT2D eigenvalue weighted by Crippen LogP contribution is -2.19. The van der Waals surface area contributed by atoms with E-state index < -0.39 is 0 Å². The van der Waals surface area contributed by atoms with Crippen LogP contribution in [0, 0.1) is 0 Å². The Balaban J connectivity index is 2.20. The molecule has 0 unspecified atom stereocenters. The minimum absolute atomic E-state index is 0.456. The van der Waals surface area contributed by atoms with Crippen LogP contribution in [0.1, 0.15) is 18.7 Å². The van der Waals surface area contributed by atoms with E-state index in [0.717, 1.165) is 24.9 Å². The molecule has 1 aliphatic rings. The number of aromatic nitrogens is 3. The summed E-state index contributed by atoms with van der Waals surface area (Å²) in [6.07, 6.45) is 2.49. The van der Waals surface area contributed by atoms with Crippen LogP contribution in [0.5, 0.6) is 0 Å². The van der Waals surface area contributed by atoms with Crippen LogP contribution in [-0.4, -0.2) is 27.9 Å². The molecule has 13 heavy (non-hydrogen) atoms. The maximum Gasteiger partial charge on any atom is 0.244 e. The smallest absolute Gasteiger partial charge is 0.244 e. The molecule has 5 heteroatoms. The van der Waals surface area contributed by atoms with Gasteiger partial charge in [-0.3, -0.25) is 0 Å². The minimum atomic E-state index is 0.456. The molecule has 0 atom stereocenters. The fourth-order valence-electron chi connectivity index (χ4n) is 1.63. The van der Waals surface area contributed by atoms with Crippen molar-refractivity contribution in [3.63, 3.8) is 0 Å². The van der Waals surface area contributed by atoms with Gasteiger partial charge in [-0.05, 0) is 12.8 Å². The Morgan fingerprint density at radius 2 is 2.08 bits per heavy atom. The molecule has 0 saturated carbocycles. The first kappa shape index (κ1) is 8.50. The molecule has 1 fully saturated rings. The van der Waals surface area contributed by atoms with Crippen molar-refractivity contribution in [3.05, 3.63) is 5.82 Å². The van der Waals surface area contributed by atoms with Gasteiger partial charge >= 0.3 is 0 Å². The van der Waals surface area contributed by atoms with Crippen LogP contribution in [-0.2, 0) is 13.6 Å². The first-order valence-corrected chi connectivity index (χ1v) is 4.66. The Hall–Kier alpha value is -1.10. The van der Waals surface area contributed by atoms with E-state index in [1.165, 1.54) is 12.8 Å². The van der Waals surface area contributed by atoms with Gasteiger partial charge in [0.2, 0.25) is 5.95 Å². The highest BCUT2D eigenvalue weighted by Gasteiger charge is 2.17. The number of anilines is 1. The fraction of sp³-hybridized carbons (Fsp3) is 0.750. The number of nitrogens with zero attached hydrogens (tertiary/aromatic N) is 4. The van der Waals surface area contributed by atoms with E-state index in [1.54, 1.807) is 4.68 Å². The van der Waals surface area contributed by atoms with Crippen molar-refractivity contribution in [3.8, 4) is 0 Å². The SMILES string of the molecule is Cn1nc(N2CCCC2)nc1CN. The van der Waals surface area contributed by atoms with Gasteiger partial charge in [0.15, 0.2) is 0 Å². The average molecular weight is 181 g/mol. The van der Waals surface area contributed by atoms with Gasteiger partial charge in [0.1, 0.15) is 5.82 Å². The standard InChI is InChI=1S/C8H15N5/c1-12-7(6-9)10-8(11-12)13-4-2-3-5-13/h2-6,9H2,1H3. The molecule has 1 aliphatic heterocycles. The number of nitrogens with two attached hydrogens (primary N) is 1. The van der Waals surface area contributed by atoms with Gasteiger partial charge in [0.25, 0.3) is 0 Å². The molecule has 1 aromatic rings. The molecule has 72 valence electrons. The summed E-state index contributed by atoms with van der Waals surface area (Å²) in [4.78, 5) is 6.57. The highest BCUT2D eigenvalue weighted by atomic mass is 15.4. The second kappa shape index (κ2) is 3.33. The molecule has 1 saturated heterocycles. The summed E-state index contributed by atoms with van der Waals surface area (Å²) in [5, 5.41) is 4.31. The summed E-state index contributed by atoms with van der Waals surface area (Å²) in [6.45, 7) is 2.61. The number of rotatable bonds is 2. The molecule has 0 radical (unpaired) electrons. The van der Waals surface area contributed by atoms with E-state index in [-0.39, 0.29) is 0 Å². The van der Waals surface area contributed by atoms with Crippen molar-refractivity contribution in [2.75, 3.05) is 18.0 Å². The van der Waals surface area contributed by atoms with Crippen molar-refractivity contribution < 1.29 is 0 Å². The van der Waals surface area contributed by atoms with Crippen LogP contribution >= 0.6 is 0 Å². The van der Waals surface area contributed by atoms with Gasteiger partial charge in [-0.15, -0.1) is 5.10 Å². The summed E-state index contributed by atoms with van der Waals surface area (Å²) >= 11 is 0. The predicted molar refractivity (Wildman–Crippen MR) is 50.3 cm³/mol. The summed E-state index contributed by atoms with van der Waals surface area (Å²) < 4.78 is 1.76. The Kier molecular flexibility index (Phi) is 2.18. The van der Waals surface area contributed by atoms with Crippen molar-refractivity contribution in [1.82, 2.24) is 14.8 Å². The van der Waals surface area contributed by atoms with Crippen molar-refractivity contribution in [2.24, 2.45) is 12.8 Å². The largest absolute Gasteiger partial charge is 0.340 e. The van der Waals surface area contributed by atoms with Gasteiger partial charge in [-0.2, -0.15) is 4.98 Å². The van der Waals surface area contributed by atoms with Gasteiger partial charge in [-0.1, -0.05) is 0 Å². The molecular weight excluding hydrogens is 166 g/mol. The van der Waals surface area contributed by atoms with Gasteiger partial charge in [0.05, 0.1) is 6.54 Å². The molecule has 5 nitrogen and oxygen atoms in total. The van der Waals surface area contributed by atoms with E-state index in [1.807, 2.05) is 7.05 Å². The molecule has 0 spiro atoms. The van der Waals surface area contributed by atoms with Gasteiger partial charge < -0.3 is 10.6 Å². The van der Waals surface area contributed by atoms with Crippen molar-refractivity contribution >= 4 is 5.95 Å². The lowest BCUT2D eigenvalue weighted by atomic mass is 10.4. The van der Waals surface area contributed by atoms with Crippen LogP contribution in [0.3, 0.4) is 0 Å². The quantitative estimate of drug-likeness (QED) is 0.690. The van der Waals surface area contributed by atoms with Crippen molar-refractivity contribution in [1.29, 1.82) is 0 Å². The molecule has 0 aromatic carbocycles. The second-order valence-electron chi connectivity index (χ2n) is 3.35. The highest BCUT2D eigenvalue weighted by molar-refractivity contribution is 5.30. The number of hydrogen-bond donors (Lipinski definition) is 1. The third-order valence-corrected chi connectivity index (χ3v) is 2.41. The third kappa shape index (κ3) is 1.51. The Bertz CT molecular complexity index is 287. The first-order valence-electron chi connectivity index (χ1n) is 4.66. The number of hydrogen-bond acceptors (Lipinski definition) is 4. The molecule has 2 rings (SSSR count). The average Bonchev–Trinajstić information content (AvgIpc) is 2.71. The van der Waals surface area contributed by atoms with Crippen LogP contribution in [0.4, 0.5) is 5.95 Å². The molecular formula is C8H15N5. The van der Waals surface area contributed by atoms with Gasteiger partial charge in [0, 0.05) is 20.1 Å². The van der Waals surface area contributed by atoms with E-state index in [9.17, 15) is 0 Å². The lowest BCUT2D eigenvalue weighted by molar-refractivity contribution is 0.699. The topological polar surface area (TPSA) is 60.0 Å². The predicted octanol–water partition coefficient (Wildman–Crippen LogP) is -0.126. The van der Waals surface area contributed by atoms with Crippen LogP contribution in [0.15, 0.2) is 0 Å². The summed E-state index contributed by atoms with van der Waals surface area (Å²) in [6, 6.07) is 0. The maximum absolute atomic E-state index is 5.52. The Labute approximate surface area is 77.5 Å². The third-order valence-electron chi connectivity index (χ3n) is 2.41. The van der Waals surface area contributed by atoms with E-state index in [2.05, 4.69) is 15.0 Å². The summed E-state index contributed by atoms with van der Waals surface area (Å²) in [5.74, 6) is 1.68. The minimum Gasteiger partial charge on any atom is -0.340 e.